The Hall–Kier alpha value is -0.710. The van der Waals surface area contributed by atoms with Crippen LogP contribution in [0, 0.1) is 45.3 Å². The van der Waals surface area contributed by atoms with E-state index in [1.54, 1.807) is 0 Å². The molecule has 194 valence electrons. The lowest BCUT2D eigenvalue weighted by Gasteiger charge is -2.69. The van der Waals surface area contributed by atoms with Gasteiger partial charge in [0.2, 0.25) is 0 Å². The number of ketones is 1. The molecule has 9 unspecified atom stereocenters. The predicted octanol–water partition coefficient (Wildman–Crippen LogP) is 5.68. The maximum atomic E-state index is 12.9. The van der Waals surface area contributed by atoms with Crippen molar-refractivity contribution in [2.45, 2.75) is 125 Å². The number of aliphatic hydroxyl groups is 3. The molecule has 0 spiro atoms. The molecule has 0 aromatic rings. The van der Waals surface area contributed by atoms with Crippen LogP contribution < -0.4 is 0 Å². The molecule has 0 aromatic carbocycles. The lowest BCUT2D eigenvalue weighted by molar-refractivity contribution is -0.208. The Morgan fingerprint density at radius 1 is 0.971 bits per heavy atom. The second kappa shape index (κ2) is 8.42. The first-order valence-corrected chi connectivity index (χ1v) is 13.9. The van der Waals surface area contributed by atoms with E-state index in [1.807, 2.05) is 13.8 Å². The Labute approximate surface area is 207 Å². The minimum atomic E-state index is -0.719. The fourth-order valence-electron chi connectivity index (χ4n) is 9.76. The molecule has 9 atom stereocenters. The summed E-state index contributed by atoms with van der Waals surface area (Å²) in [7, 11) is 0. The maximum absolute atomic E-state index is 12.9. The minimum absolute atomic E-state index is 0.000744. The van der Waals surface area contributed by atoms with Crippen molar-refractivity contribution in [3.05, 3.63) is 11.1 Å². The van der Waals surface area contributed by atoms with Crippen LogP contribution in [-0.4, -0.2) is 39.4 Å². The van der Waals surface area contributed by atoms with Crippen molar-refractivity contribution >= 4 is 5.78 Å². The van der Waals surface area contributed by atoms with Crippen LogP contribution in [0.25, 0.3) is 0 Å². The highest BCUT2D eigenvalue weighted by Gasteiger charge is 2.69. The Balaban J connectivity index is 1.69. The van der Waals surface area contributed by atoms with Crippen LogP contribution in [0.15, 0.2) is 11.1 Å². The van der Waals surface area contributed by atoms with Crippen LogP contribution in [0.2, 0.25) is 0 Å². The van der Waals surface area contributed by atoms with Gasteiger partial charge in [0.1, 0.15) is 5.78 Å². The lowest BCUT2D eigenvalue weighted by atomic mass is 9.36. The summed E-state index contributed by atoms with van der Waals surface area (Å²) < 4.78 is 0. The topological polar surface area (TPSA) is 77.8 Å². The van der Waals surface area contributed by atoms with Crippen LogP contribution in [0.4, 0.5) is 0 Å². The molecule has 0 aromatic heterocycles. The SMILES string of the molecule is CC(CC(O)C(O)C(C)C)C1=C2CC(O)C3C4(C)CCC(=O)C(C)(C)C4CCC3(C)C2(C)CC1. The highest BCUT2D eigenvalue weighted by Crippen LogP contribution is 2.74. The van der Waals surface area contributed by atoms with Gasteiger partial charge in [-0.05, 0) is 84.9 Å². The van der Waals surface area contributed by atoms with E-state index >= 15 is 0 Å². The molecule has 4 aliphatic carbocycles. The predicted molar refractivity (Wildman–Crippen MR) is 136 cm³/mol. The monoisotopic (exact) mass is 474 g/mol. The molecule has 0 radical (unpaired) electrons. The molecular formula is C30H50O4. The zero-order valence-corrected chi connectivity index (χ0v) is 22.9. The van der Waals surface area contributed by atoms with Crippen LogP contribution in [-0.2, 0) is 4.79 Å². The summed E-state index contributed by atoms with van der Waals surface area (Å²) in [4.78, 5) is 12.9. The molecule has 4 nitrogen and oxygen atoms in total. The van der Waals surface area contributed by atoms with Crippen molar-refractivity contribution in [1.29, 1.82) is 0 Å². The Morgan fingerprint density at radius 3 is 2.24 bits per heavy atom. The van der Waals surface area contributed by atoms with Gasteiger partial charge in [-0.3, -0.25) is 4.79 Å². The van der Waals surface area contributed by atoms with E-state index in [4.69, 9.17) is 0 Å². The number of carbonyl (C=O) groups is 1. The second-order valence-electron chi connectivity index (χ2n) is 14.2. The van der Waals surface area contributed by atoms with Gasteiger partial charge in [-0.15, -0.1) is 0 Å². The van der Waals surface area contributed by atoms with Crippen LogP contribution in [0.3, 0.4) is 0 Å². The molecule has 3 N–H and O–H groups in total. The zero-order chi connectivity index (χ0) is 25.4. The van der Waals surface area contributed by atoms with Crippen molar-refractivity contribution in [2.24, 2.45) is 45.3 Å². The number of hydrogen-bond donors (Lipinski definition) is 3. The molecule has 0 bridgehead atoms. The van der Waals surface area contributed by atoms with E-state index in [1.165, 1.54) is 11.1 Å². The largest absolute Gasteiger partial charge is 0.392 e. The van der Waals surface area contributed by atoms with Crippen LogP contribution >= 0.6 is 0 Å². The molecule has 3 saturated carbocycles. The summed E-state index contributed by atoms with van der Waals surface area (Å²) in [6.07, 6.45) is 5.25. The summed E-state index contributed by atoms with van der Waals surface area (Å²) >= 11 is 0. The summed E-state index contributed by atoms with van der Waals surface area (Å²) in [5, 5.41) is 32.8. The molecule has 4 aliphatic rings. The minimum Gasteiger partial charge on any atom is -0.392 e. The standard InChI is InChI=1S/C30H50O4/c1-17(2)25(34)21(31)15-18(3)19-9-13-29(7)20(19)16-22(32)26-28(6)12-11-24(33)27(4,5)23(28)10-14-30(26,29)8/h17-18,21-23,25-26,31-32,34H,9-16H2,1-8H3. The zero-order valence-electron chi connectivity index (χ0n) is 22.9. The molecule has 0 saturated heterocycles. The van der Waals surface area contributed by atoms with Gasteiger partial charge in [-0.2, -0.15) is 0 Å². The van der Waals surface area contributed by atoms with Crippen molar-refractivity contribution in [3.8, 4) is 0 Å². The molecule has 3 fully saturated rings. The molecule has 0 heterocycles. The number of carbonyl (C=O) groups excluding carboxylic acids is 1. The van der Waals surface area contributed by atoms with E-state index in [9.17, 15) is 20.1 Å². The molecule has 34 heavy (non-hydrogen) atoms. The average molecular weight is 475 g/mol. The number of rotatable bonds is 5. The van der Waals surface area contributed by atoms with Gasteiger partial charge in [0.05, 0.1) is 18.3 Å². The molecule has 0 amide bonds. The van der Waals surface area contributed by atoms with Crippen molar-refractivity contribution < 1.29 is 20.1 Å². The second-order valence-corrected chi connectivity index (χ2v) is 14.2. The lowest BCUT2D eigenvalue weighted by Crippen LogP contribution is -2.65. The van der Waals surface area contributed by atoms with E-state index in [0.717, 1.165) is 38.5 Å². The third-order valence-electron chi connectivity index (χ3n) is 11.9. The molecule has 4 rings (SSSR count). The van der Waals surface area contributed by atoms with Crippen LogP contribution in [0.5, 0.6) is 0 Å². The van der Waals surface area contributed by atoms with Crippen molar-refractivity contribution in [3.63, 3.8) is 0 Å². The normalized spacial score (nSPS) is 44.4. The Morgan fingerprint density at radius 2 is 1.62 bits per heavy atom. The first-order chi connectivity index (χ1) is 15.6. The van der Waals surface area contributed by atoms with Gasteiger partial charge < -0.3 is 15.3 Å². The van der Waals surface area contributed by atoms with Crippen molar-refractivity contribution in [2.75, 3.05) is 0 Å². The molecular weight excluding hydrogens is 424 g/mol. The smallest absolute Gasteiger partial charge is 0.138 e. The fourth-order valence-corrected chi connectivity index (χ4v) is 9.76. The summed E-state index contributed by atoms with van der Waals surface area (Å²) in [6.45, 7) is 17.7. The van der Waals surface area contributed by atoms with Gasteiger partial charge in [-0.25, -0.2) is 0 Å². The summed E-state index contributed by atoms with van der Waals surface area (Å²) in [5.74, 6) is 1.16. The highest BCUT2D eigenvalue weighted by molar-refractivity contribution is 5.85. The average Bonchev–Trinajstić information content (AvgIpc) is 3.08. The van der Waals surface area contributed by atoms with E-state index in [0.29, 0.717) is 24.5 Å². The van der Waals surface area contributed by atoms with Gasteiger partial charge in [0.15, 0.2) is 0 Å². The van der Waals surface area contributed by atoms with E-state index in [2.05, 4.69) is 41.5 Å². The number of fused-ring (bicyclic) bond motifs is 5. The van der Waals surface area contributed by atoms with Crippen molar-refractivity contribution in [1.82, 2.24) is 0 Å². The number of allylic oxidation sites excluding steroid dienone is 1. The summed E-state index contributed by atoms with van der Waals surface area (Å²) in [6, 6.07) is 0. The van der Waals surface area contributed by atoms with Crippen LogP contribution in [0.1, 0.15) is 107 Å². The fraction of sp³-hybridized carbons (Fsp3) is 0.900. The van der Waals surface area contributed by atoms with Gasteiger partial charge in [0, 0.05) is 11.8 Å². The number of aliphatic hydroxyl groups excluding tert-OH is 3. The van der Waals surface area contributed by atoms with Gasteiger partial charge in [-0.1, -0.05) is 66.5 Å². The third kappa shape index (κ3) is 3.52. The van der Waals surface area contributed by atoms with Gasteiger partial charge >= 0.3 is 0 Å². The first-order valence-electron chi connectivity index (χ1n) is 13.9. The van der Waals surface area contributed by atoms with E-state index < -0.39 is 18.3 Å². The third-order valence-corrected chi connectivity index (χ3v) is 11.9. The molecule has 4 heteroatoms. The number of hydrogen-bond acceptors (Lipinski definition) is 4. The highest BCUT2D eigenvalue weighted by atomic mass is 16.3. The van der Waals surface area contributed by atoms with Gasteiger partial charge in [0.25, 0.3) is 0 Å². The molecule has 0 aliphatic heterocycles. The Kier molecular flexibility index (Phi) is 6.52. The number of Topliss-reactive ketones (excluding diaryl/α,β-unsaturated/α-hetero) is 1. The quantitative estimate of drug-likeness (QED) is 0.448. The summed E-state index contributed by atoms with van der Waals surface area (Å²) in [5.41, 5.74) is 2.56. The first kappa shape index (κ1) is 26.4. The maximum Gasteiger partial charge on any atom is 0.138 e. The Bertz CT molecular complexity index is 858. The van der Waals surface area contributed by atoms with E-state index in [-0.39, 0.29) is 39.4 Å².